The third-order valence-corrected chi connectivity index (χ3v) is 5.72. The largest absolute Gasteiger partial charge is 0.361 e. The molecule has 0 amide bonds. The molecule has 1 unspecified atom stereocenters. The maximum Gasteiger partial charge on any atom is 0.359 e. The summed E-state index contributed by atoms with van der Waals surface area (Å²) in [5, 5.41) is 11.9. The van der Waals surface area contributed by atoms with Crippen molar-refractivity contribution < 1.29 is 18.1 Å². The molecular weight excluding hydrogens is 439 g/mol. The van der Waals surface area contributed by atoms with Crippen LogP contribution >= 0.6 is 0 Å². The van der Waals surface area contributed by atoms with Crippen molar-refractivity contribution in [3.05, 3.63) is 74.7 Å². The first-order valence-electron chi connectivity index (χ1n) is 10.5. The molecule has 2 aromatic heterocycles. The summed E-state index contributed by atoms with van der Waals surface area (Å²) < 4.78 is 40.1. The number of pyridine rings is 2. The van der Waals surface area contributed by atoms with Crippen LogP contribution in [0, 0.1) is 10.1 Å². The molecule has 33 heavy (non-hydrogen) atoms. The summed E-state index contributed by atoms with van der Waals surface area (Å²) in [6.45, 7) is 1.74. The number of anilines is 1. The lowest BCUT2D eigenvalue weighted by atomic mass is 10.1. The minimum absolute atomic E-state index is 0.0451. The van der Waals surface area contributed by atoms with Crippen molar-refractivity contribution in [2.75, 3.05) is 31.1 Å². The molecule has 0 spiro atoms. The number of nitro groups is 1. The number of aromatic nitrogens is 2. The predicted octanol–water partition coefficient (Wildman–Crippen LogP) is 3.23. The van der Waals surface area contributed by atoms with E-state index in [0.717, 1.165) is 12.1 Å². The number of fused-ring (bicyclic) bond motifs is 1. The van der Waals surface area contributed by atoms with E-state index in [1.165, 1.54) is 18.3 Å². The Morgan fingerprint density at radius 1 is 1.03 bits per heavy atom. The van der Waals surface area contributed by atoms with Crippen molar-refractivity contribution in [2.24, 2.45) is 0 Å². The summed E-state index contributed by atoms with van der Waals surface area (Å²) in [4.78, 5) is 32.2. The van der Waals surface area contributed by atoms with E-state index in [1.807, 2.05) is 30.3 Å². The van der Waals surface area contributed by atoms with Crippen LogP contribution in [-0.4, -0.2) is 58.2 Å². The number of alkyl halides is 3. The average Bonchev–Trinajstić information content (AvgIpc) is 2.81. The van der Waals surface area contributed by atoms with E-state index < -0.39 is 35.3 Å². The topological polar surface area (TPSA) is 84.5 Å². The number of rotatable bonds is 7. The maximum absolute atomic E-state index is 13.8. The molecule has 0 aliphatic carbocycles. The van der Waals surface area contributed by atoms with Gasteiger partial charge in [0.25, 0.3) is 6.43 Å². The molecule has 1 aliphatic heterocycles. The zero-order valence-electron chi connectivity index (χ0n) is 17.6. The van der Waals surface area contributed by atoms with Gasteiger partial charge < -0.3 is 4.90 Å². The molecule has 0 radical (unpaired) electrons. The van der Waals surface area contributed by atoms with Crippen LogP contribution in [0.4, 0.5) is 24.5 Å². The summed E-state index contributed by atoms with van der Waals surface area (Å²) in [5.74, 6) is 0. The molecule has 0 bridgehead atoms. The Kier molecular flexibility index (Phi) is 6.59. The van der Waals surface area contributed by atoms with Crippen LogP contribution in [0.1, 0.15) is 5.56 Å². The van der Waals surface area contributed by atoms with Gasteiger partial charge in [-0.25, -0.2) is 13.2 Å². The highest BCUT2D eigenvalue weighted by Crippen LogP contribution is 2.33. The maximum atomic E-state index is 13.8. The van der Waals surface area contributed by atoms with Gasteiger partial charge in [0.05, 0.1) is 17.0 Å². The molecule has 3 heterocycles. The van der Waals surface area contributed by atoms with Gasteiger partial charge in [-0.2, -0.15) is 0 Å². The summed E-state index contributed by atoms with van der Waals surface area (Å²) >= 11 is 0. The molecule has 11 heteroatoms. The SMILES string of the molecule is O=c1c([N+](=O)[O-])c(N2CCN(Cc3ccccc3)CC2)c2ncccc2n1CC(F)C(F)F. The van der Waals surface area contributed by atoms with Gasteiger partial charge in [0.1, 0.15) is 11.2 Å². The first-order chi connectivity index (χ1) is 15.9. The Balaban J connectivity index is 1.70. The van der Waals surface area contributed by atoms with Gasteiger partial charge in [0.2, 0.25) is 0 Å². The van der Waals surface area contributed by atoms with Crippen LogP contribution in [0.2, 0.25) is 0 Å². The summed E-state index contributed by atoms with van der Waals surface area (Å²) in [6, 6.07) is 12.8. The number of hydrogen-bond acceptors (Lipinski definition) is 6. The zero-order valence-corrected chi connectivity index (χ0v) is 17.6. The van der Waals surface area contributed by atoms with Crippen LogP contribution in [0.5, 0.6) is 0 Å². The van der Waals surface area contributed by atoms with Crippen LogP contribution in [0.3, 0.4) is 0 Å². The van der Waals surface area contributed by atoms with E-state index in [1.54, 1.807) is 4.90 Å². The lowest BCUT2D eigenvalue weighted by Gasteiger charge is -2.36. The zero-order chi connectivity index (χ0) is 23.5. The Morgan fingerprint density at radius 3 is 2.36 bits per heavy atom. The molecule has 1 saturated heterocycles. The highest BCUT2D eigenvalue weighted by molar-refractivity contribution is 5.93. The van der Waals surface area contributed by atoms with Gasteiger partial charge in [0, 0.05) is 38.9 Å². The van der Waals surface area contributed by atoms with E-state index in [4.69, 9.17) is 0 Å². The lowest BCUT2D eigenvalue weighted by Crippen LogP contribution is -2.46. The van der Waals surface area contributed by atoms with Crippen molar-refractivity contribution in [3.8, 4) is 0 Å². The van der Waals surface area contributed by atoms with Gasteiger partial charge >= 0.3 is 11.2 Å². The Bertz CT molecular complexity index is 1200. The van der Waals surface area contributed by atoms with Crippen molar-refractivity contribution in [1.29, 1.82) is 0 Å². The van der Waals surface area contributed by atoms with E-state index in [9.17, 15) is 28.1 Å². The monoisotopic (exact) mass is 461 g/mol. The van der Waals surface area contributed by atoms with E-state index in [2.05, 4.69) is 9.88 Å². The molecule has 0 saturated carbocycles. The van der Waals surface area contributed by atoms with E-state index >= 15 is 0 Å². The highest BCUT2D eigenvalue weighted by atomic mass is 19.3. The van der Waals surface area contributed by atoms with Gasteiger partial charge in [-0.15, -0.1) is 0 Å². The molecule has 1 aliphatic rings. The number of piperazine rings is 1. The Hall–Kier alpha value is -3.47. The summed E-state index contributed by atoms with van der Waals surface area (Å²) in [5.41, 5.74) is -0.514. The first kappa shape index (κ1) is 22.7. The van der Waals surface area contributed by atoms with Gasteiger partial charge in [-0.1, -0.05) is 30.3 Å². The minimum atomic E-state index is -3.32. The van der Waals surface area contributed by atoms with Crippen molar-refractivity contribution in [2.45, 2.75) is 25.7 Å². The average molecular weight is 461 g/mol. The molecule has 4 rings (SSSR count). The molecule has 8 nitrogen and oxygen atoms in total. The Morgan fingerprint density at radius 2 is 1.73 bits per heavy atom. The van der Waals surface area contributed by atoms with Crippen molar-refractivity contribution in [3.63, 3.8) is 0 Å². The van der Waals surface area contributed by atoms with Crippen molar-refractivity contribution >= 4 is 22.4 Å². The van der Waals surface area contributed by atoms with Gasteiger partial charge in [-0.3, -0.25) is 29.4 Å². The van der Waals surface area contributed by atoms with Crippen LogP contribution in [0.25, 0.3) is 11.0 Å². The van der Waals surface area contributed by atoms with Crippen LogP contribution in [0.15, 0.2) is 53.5 Å². The molecule has 3 aromatic rings. The summed E-state index contributed by atoms with van der Waals surface area (Å²) in [7, 11) is 0. The predicted molar refractivity (Wildman–Crippen MR) is 117 cm³/mol. The second kappa shape index (κ2) is 9.57. The van der Waals surface area contributed by atoms with Crippen LogP contribution in [-0.2, 0) is 13.1 Å². The number of benzene rings is 1. The van der Waals surface area contributed by atoms with Crippen LogP contribution < -0.4 is 10.5 Å². The molecule has 1 fully saturated rings. The molecule has 1 atom stereocenters. The Labute approximate surface area is 187 Å². The second-order valence-electron chi connectivity index (χ2n) is 7.84. The summed E-state index contributed by atoms with van der Waals surface area (Å²) in [6.07, 6.45) is -4.56. The standard InChI is InChI=1S/C22H22F3N5O3/c23-16(21(24)25)14-29-17-7-4-8-26-18(17)19(20(22(29)31)30(32)33)28-11-9-27(10-12-28)13-15-5-2-1-3-6-15/h1-8,16,21H,9-14H2. The first-order valence-corrected chi connectivity index (χ1v) is 10.5. The normalized spacial score (nSPS) is 15.8. The fraction of sp³-hybridized carbons (Fsp3) is 0.364. The molecule has 0 N–H and O–H groups in total. The van der Waals surface area contributed by atoms with Gasteiger partial charge in [0.15, 0.2) is 6.17 Å². The minimum Gasteiger partial charge on any atom is -0.361 e. The third kappa shape index (κ3) is 4.68. The lowest BCUT2D eigenvalue weighted by molar-refractivity contribution is -0.385. The number of halogens is 3. The van der Waals surface area contributed by atoms with Gasteiger partial charge in [-0.05, 0) is 17.7 Å². The smallest absolute Gasteiger partial charge is 0.359 e. The fourth-order valence-electron chi connectivity index (χ4n) is 4.12. The molecule has 1 aromatic carbocycles. The number of hydrogen-bond donors (Lipinski definition) is 0. The quantitative estimate of drug-likeness (QED) is 0.397. The molecular formula is C22H22F3N5O3. The third-order valence-electron chi connectivity index (χ3n) is 5.72. The molecule has 174 valence electrons. The number of nitrogens with zero attached hydrogens (tertiary/aromatic N) is 5. The fourth-order valence-corrected chi connectivity index (χ4v) is 4.12. The van der Waals surface area contributed by atoms with E-state index in [-0.39, 0.29) is 16.7 Å². The van der Waals surface area contributed by atoms with Crippen molar-refractivity contribution in [1.82, 2.24) is 14.5 Å². The second-order valence-corrected chi connectivity index (χ2v) is 7.84. The highest BCUT2D eigenvalue weighted by Gasteiger charge is 2.33. The van der Waals surface area contributed by atoms with E-state index in [0.29, 0.717) is 30.7 Å².